The SMILES string of the molecule is CN(C)C1Cc2ccccc2C(c2cccc(-c3ccncc3)c2)C1. The molecule has 3 aromatic rings. The molecule has 1 heterocycles. The second-order valence-corrected chi connectivity index (χ2v) is 7.17. The van der Waals surface area contributed by atoms with Crippen LogP contribution in [0.25, 0.3) is 11.1 Å². The van der Waals surface area contributed by atoms with Crippen LogP contribution < -0.4 is 0 Å². The number of fused-ring (bicyclic) bond motifs is 1. The Bertz CT molecular complexity index is 855. The zero-order chi connectivity index (χ0) is 17.2. The maximum atomic E-state index is 4.14. The van der Waals surface area contributed by atoms with Crippen molar-refractivity contribution in [1.82, 2.24) is 9.88 Å². The minimum Gasteiger partial charge on any atom is -0.306 e. The fraction of sp³-hybridized carbons (Fsp3) is 0.261. The summed E-state index contributed by atoms with van der Waals surface area (Å²) in [5, 5.41) is 0. The first kappa shape index (κ1) is 16.0. The van der Waals surface area contributed by atoms with Crippen LogP contribution in [-0.4, -0.2) is 30.0 Å². The van der Waals surface area contributed by atoms with Gasteiger partial charge in [-0.3, -0.25) is 4.98 Å². The average molecular weight is 328 g/mol. The van der Waals surface area contributed by atoms with Gasteiger partial charge in [-0.2, -0.15) is 0 Å². The van der Waals surface area contributed by atoms with E-state index >= 15 is 0 Å². The van der Waals surface area contributed by atoms with Crippen LogP contribution in [0.2, 0.25) is 0 Å². The molecule has 126 valence electrons. The predicted molar refractivity (Wildman–Crippen MR) is 104 cm³/mol. The van der Waals surface area contributed by atoms with Gasteiger partial charge in [0.15, 0.2) is 0 Å². The highest BCUT2D eigenvalue weighted by Gasteiger charge is 2.28. The monoisotopic (exact) mass is 328 g/mol. The lowest BCUT2D eigenvalue weighted by atomic mass is 9.76. The van der Waals surface area contributed by atoms with Crippen molar-refractivity contribution in [3.05, 3.63) is 89.7 Å². The molecule has 0 spiro atoms. The molecular weight excluding hydrogens is 304 g/mol. The molecule has 0 bridgehead atoms. The van der Waals surface area contributed by atoms with Gasteiger partial charge in [0, 0.05) is 24.4 Å². The number of hydrogen-bond acceptors (Lipinski definition) is 2. The lowest BCUT2D eigenvalue weighted by Gasteiger charge is -2.35. The normalized spacial score (nSPS) is 19.6. The van der Waals surface area contributed by atoms with E-state index in [1.165, 1.54) is 34.2 Å². The van der Waals surface area contributed by atoms with E-state index in [0.717, 1.165) is 6.42 Å². The summed E-state index contributed by atoms with van der Waals surface area (Å²) >= 11 is 0. The van der Waals surface area contributed by atoms with Crippen LogP contribution in [-0.2, 0) is 6.42 Å². The average Bonchev–Trinajstić information content (AvgIpc) is 2.68. The molecule has 0 saturated heterocycles. The van der Waals surface area contributed by atoms with Crippen LogP contribution in [0.1, 0.15) is 29.0 Å². The van der Waals surface area contributed by atoms with Gasteiger partial charge < -0.3 is 4.90 Å². The van der Waals surface area contributed by atoms with Crippen LogP contribution in [0.4, 0.5) is 0 Å². The van der Waals surface area contributed by atoms with E-state index in [0.29, 0.717) is 12.0 Å². The third-order valence-corrected chi connectivity index (χ3v) is 5.43. The van der Waals surface area contributed by atoms with Gasteiger partial charge >= 0.3 is 0 Å². The minimum atomic E-state index is 0.458. The highest BCUT2D eigenvalue weighted by Crippen LogP contribution is 2.38. The smallest absolute Gasteiger partial charge is 0.0273 e. The zero-order valence-electron chi connectivity index (χ0n) is 14.9. The van der Waals surface area contributed by atoms with Crippen molar-refractivity contribution >= 4 is 0 Å². The molecule has 2 atom stereocenters. The minimum absolute atomic E-state index is 0.458. The first-order valence-electron chi connectivity index (χ1n) is 8.97. The Morgan fingerprint density at radius 3 is 2.48 bits per heavy atom. The molecule has 1 aromatic heterocycles. The number of rotatable bonds is 3. The second kappa shape index (κ2) is 6.81. The molecule has 0 amide bonds. The Kier molecular flexibility index (Phi) is 4.37. The van der Waals surface area contributed by atoms with Crippen molar-refractivity contribution in [2.24, 2.45) is 0 Å². The zero-order valence-corrected chi connectivity index (χ0v) is 14.9. The van der Waals surface area contributed by atoms with E-state index in [1.54, 1.807) is 0 Å². The van der Waals surface area contributed by atoms with Crippen molar-refractivity contribution in [3.8, 4) is 11.1 Å². The third-order valence-electron chi connectivity index (χ3n) is 5.43. The van der Waals surface area contributed by atoms with Crippen LogP contribution in [0.5, 0.6) is 0 Å². The Balaban J connectivity index is 1.76. The molecule has 0 radical (unpaired) electrons. The molecule has 0 aliphatic heterocycles. The number of benzene rings is 2. The summed E-state index contributed by atoms with van der Waals surface area (Å²) in [6.07, 6.45) is 6.04. The Hall–Kier alpha value is -2.45. The van der Waals surface area contributed by atoms with E-state index in [-0.39, 0.29) is 0 Å². The van der Waals surface area contributed by atoms with Gasteiger partial charge in [-0.15, -0.1) is 0 Å². The Labute approximate surface area is 150 Å². The summed E-state index contributed by atoms with van der Waals surface area (Å²) in [6.45, 7) is 0. The van der Waals surface area contributed by atoms with Crippen molar-refractivity contribution in [1.29, 1.82) is 0 Å². The van der Waals surface area contributed by atoms with Gasteiger partial charge in [0.25, 0.3) is 0 Å². The highest BCUT2D eigenvalue weighted by molar-refractivity contribution is 5.64. The van der Waals surface area contributed by atoms with Gasteiger partial charge in [-0.25, -0.2) is 0 Å². The molecule has 0 N–H and O–H groups in total. The summed E-state index contributed by atoms with van der Waals surface area (Å²) in [7, 11) is 4.39. The van der Waals surface area contributed by atoms with E-state index in [4.69, 9.17) is 0 Å². The summed E-state index contributed by atoms with van der Waals surface area (Å²) in [5.74, 6) is 0.458. The number of aromatic nitrogens is 1. The molecule has 2 nitrogen and oxygen atoms in total. The van der Waals surface area contributed by atoms with Gasteiger partial charge in [0.05, 0.1) is 0 Å². The Morgan fingerprint density at radius 2 is 1.68 bits per heavy atom. The van der Waals surface area contributed by atoms with Gasteiger partial charge in [0.1, 0.15) is 0 Å². The lowest BCUT2D eigenvalue weighted by molar-refractivity contribution is 0.258. The standard InChI is InChI=1S/C23H24N2/c1-25(2)21-15-20-6-3-4-9-22(20)23(16-21)19-8-5-7-18(14-19)17-10-12-24-13-11-17/h3-14,21,23H,15-16H2,1-2H3. The van der Waals surface area contributed by atoms with Crippen LogP contribution >= 0.6 is 0 Å². The molecule has 1 aliphatic carbocycles. The first-order valence-corrected chi connectivity index (χ1v) is 8.97. The summed E-state index contributed by atoms with van der Waals surface area (Å²) < 4.78 is 0. The first-order chi connectivity index (χ1) is 12.2. The summed E-state index contributed by atoms with van der Waals surface area (Å²) in [4.78, 5) is 6.51. The lowest BCUT2D eigenvalue weighted by Crippen LogP contribution is -2.35. The van der Waals surface area contributed by atoms with Crippen molar-refractivity contribution in [2.45, 2.75) is 24.8 Å². The van der Waals surface area contributed by atoms with E-state index in [1.807, 2.05) is 12.4 Å². The number of likely N-dealkylation sites (N-methyl/N-ethyl adjacent to an activating group) is 1. The van der Waals surface area contributed by atoms with E-state index in [9.17, 15) is 0 Å². The van der Waals surface area contributed by atoms with E-state index in [2.05, 4.69) is 84.6 Å². The van der Waals surface area contributed by atoms with Crippen LogP contribution in [0.3, 0.4) is 0 Å². The number of pyridine rings is 1. The van der Waals surface area contributed by atoms with Crippen LogP contribution in [0, 0.1) is 0 Å². The molecule has 4 rings (SSSR count). The van der Waals surface area contributed by atoms with E-state index < -0.39 is 0 Å². The van der Waals surface area contributed by atoms with Crippen LogP contribution in [0.15, 0.2) is 73.1 Å². The fourth-order valence-corrected chi connectivity index (χ4v) is 3.98. The Morgan fingerprint density at radius 1 is 0.880 bits per heavy atom. The summed E-state index contributed by atoms with van der Waals surface area (Å²) in [5.41, 5.74) is 6.89. The fourth-order valence-electron chi connectivity index (χ4n) is 3.98. The topological polar surface area (TPSA) is 16.1 Å². The highest BCUT2D eigenvalue weighted by atomic mass is 15.1. The van der Waals surface area contributed by atoms with Crippen molar-refractivity contribution in [2.75, 3.05) is 14.1 Å². The molecule has 2 aromatic carbocycles. The molecular formula is C23H24N2. The quantitative estimate of drug-likeness (QED) is 0.689. The molecule has 1 aliphatic rings. The third kappa shape index (κ3) is 3.22. The number of hydrogen-bond donors (Lipinski definition) is 0. The van der Waals surface area contributed by atoms with Crippen molar-refractivity contribution < 1.29 is 0 Å². The maximum Gasteiger partial charge on any atom is 0.0273 e. The molecule has 2 unspecified atom stereocenters. The molecule has 0 fully saturated rings. The molecule has 2 heteroatoms. The van der Waals surface area contributed by atoms with Crippen molar-refractivity contribution in [3.63, 3.8) is 0 Å². The number of nitrogens with zero attached hydrogens (tertiary/aromatic N) is 2. The van der Waals surface area contributed by atoms with Gasteiger partial charge in [-0.05, 0) is 66.9 Å². The largest absolute Gasteiger partial charge is 0.306 e. The maximum absolute atomic E-state index is 4.14. The predicted octanol–water partition coefficient (Wildman–Crippen LogP) is 4.76. The van der Waals surface area contributed by atoms with Gasteiger partial charge in [-0.1, -0.05) is 48.5 Å². The second-order valence-electron chi connectivity index (χ2n) is 7.17. The van der Waals surface area contributed by atoms with Gasteiger partial charge in [0.2, 0.25) is 0 Å². The molecule has 25 heavy (non-hydrogen) atoms. The molecule has 0 saturated carbocycles. The summed E-state index contributed by atoms with van der Waals surface area (Å²) in [6, 6.07) is 22.7.